The van der Waals surface area contributed by atoms with Crippen LogP contribution >= 0.6 is 11.6 Å². The van der Waals surface area contributed by atoms with Crippen LogP contribution in [-0.4, -0.2) is 65.7 Å². The second-order valence-corrected chi connectivity index (χ2v) is 9.11. The minimum absolute atomic E-state index is 0.0935. The number of carbonyl (C=O) groups excluding carboxylic acids is 1. The van der Waals surface area contributed by atoms with E-state index in [1.165, 1.54) is 0 Å². The molecule has 2 aliphatic rings. The van der Waals surface area contributed by atoms with Gasteiger partial charge in [0.05, 0.1) is 6.04 Å². The average molecular weight is 500 g/mol. The summed E-state index contributed by atoms with van der Waals surface area (Å²) >= 11 is 6.04. The number of hydrogen-bond donors (Lipinski definition) is 3. The fraction of sp³-hybridized carbons (Fsp3) is 0.360. The molecule has 1 aromatic heterocycles. The summed E-state index contributed by atoms with van der Waals surface area (Å²) in [6.45, 7) is 3.09. The molecule has 1 amide bonds. The van der Waals surface area contributed by atoms with Gasteiger partial charge in [-0.1, -0.05) is 22.8 Å². The maximum atomic E-state index is 13.2. The highest BCUT2D eigenvalue weighted by Gasteiger charge is 2.30. The number of oxime groups is 1. The van der Waals surface area contributed by atoms with Crippen molar-refractivity contribution in [2.24, 2.45) is 5.16 Å². The molecule has 0 bridgehead atoms. The van der Waals surface area contributed by atoms with Crippen molar-refractivity contribution in [3.05, 3.63) is 58.8 Å². The van der Waals surface area contributed by atoms with Crippen LogP contribution in [0.2, 0.25) is 5.02 Å². The monoisotopic (exact) mass is 499 g/mol. The number of amides is 1. The molecule has 3 aromatic rings. The Hall–Kier alpha value is -3.27. The summed E-state index contributed by atoms with van der Waals surface area (Å²) in [5, 5.41) is 28.2. The molecule has 3 heterocycles. The molecule has 0 saturated carbocycles. The summed E-state index contributed by atoms with van der Waals surface area (Å²) in [7, 11) is 0. The number of aliphatic hydroxyl groups excluding tert-OH is 1. The van der Waals surface area contributed by atoms with E-state index in [0.29, 0.717) is 52.8 Å². The first-order valence-corrected chi connectivity index (χ1v) is 11.9. The second-order valence-electron chi connectivity index (χ2n) is 8.68. The number of likely N-dealkylation sites (tertiary alicyclic amines) is 1. The lowest BCUT2D eigenvalue weighted by Gasteiger charge is -2.29. The number of nitrogens with zero attached hydrogens (tertiary/aromatic N) is 2. The van der Waals surface area contributed by atoms with Crippen molar-refractivity contribution in [1.29, 1.82) is 0 Å². The molecule has 0 radical (unpaired) electrons. The summed E-state index contributed by atoms with van der Waals surface area (Å²) in [5.74, 6) is 0.596. The van der Waals surface area contributed by atoms with Gasteiger partial charge >= 0.3 is 0 Å². The van der Waals surface area contributed by atoms with Gasteiger partial charge in [-0.2, -0.15) is 0 Å². The standard InChI is InChI=1S/C25H26ClN3O6/c26-17-4-6-19-16(11-17)13-22(35-19)23(28-32)25(31)27-18(14-29-7-1-2-8-29)24(30)15-3-5-20-21(12-15)34-10-9-33-20/h3-6,11-13,18,24,30,32H,1-2,7-10,14H2,(H,27,31)/b28-23+. The molecular formula is C25H26ClN3O6. The van der Waals surface area contributed by atoms with Crippen LogP contribution in [0.4, 0.5) is 0 Å². The van der Waals surface area contributed by atoms with Crippen molar-refractivity contribution in [2.75, 3.05) is 32.8 Å². The maximum Gasteiger partial charge on any atom is 0.277 e. The number of rotatable bonds is 7. The number of fused-ring (bicyclic) bond motifs is 2. The van der Waals surface area contributed by atoms with Crippen molar-refractivity contribution in [3.8, 4) is 11.5 Å². The van der Waals surface area contributed by atoms with E-state index in [4.69, 9.17) is 25.5 Å². The molecular weight excluding hydrogens is 474 g/mol. The van der Waals surface area contributed by atoms with Crippen molar-refractivity contribution >= 4 is 34.2 Å². The Morgan fingerprint density at radius 2 is 1.86 bits per heavy atom. The lowest BCUT2D eigenvalue weighted by molar-refractivity contribution is -0.116. The summed E-state index contributed by atoms with van der Waals surface area (Å²) in [5.41, 5.74) is 0.793. The first kappa shape index (κ1) is 23.5. The topological polar surface area (TPSA) is 117 Å². The highest BCUT2D eigenvalue weighted by Crippen LogP contribution is 2.33. The summed E-state index contributed by atoms with van der Waals surface area (Å²) in [4.78, 5) is 15.4. The number of halogens is 1. The van der Waals surface area contributed by atoms with Gasteiger partial charge in [0, 0.05) is 17.0 Å². The van der Waals surface area contributed by atoms with E-state index in [2.05, 4.69) is 15.4 Å². The van der Waals surface area contributed by atoms with Gasteiger partial charge in [0.2, 0.25) is 5.71 Å². The number of carbonyl (C=O) groups is 1. The lowest BCUT2D eigenvalue weighted by Crippen LogP contribution is -2.48. The van der Waals surface area contributed by atoms with Crippen LogP contribution in [0.15, 0.2) is 52.0 Å². The maximum absolute atomic E-state index is 13.2. The number of ether oxygens (including phenoxy) is 2. The molecule has 184 valence electrons. The predicted molar refractivity (Wildman–Crippen MR) is 130 cm³/mol. The first-order valence-electron chi connectivity index (χ1n) is 11.5. The van der Waals surface area contributed by atoms with E-state index >= 15 is 0 Å². The molecule has 2 atom stereocenters. The zero-order valence-corrected chi connectivity index (χ0v) is 19.7. The summed E-state index contributed by atoms with van der Waals surface area (Å²) < 4.78 is 16.9. The third-order valence-corrected chi connectivity index (χ3v) is 6.52. The Kier molecular flexibility index (Phi) is 6.81. The quantitative estimate of drug-likeness (QED) is 0.259. The number of hydrogen-bond acceptors (Lipinski definition) is 8. The van der Waals surface area contributed by atoms with Gasteiger partial charge < -0.3 is 34.4 Å². The number of nitrogens with one attached hydrogen (secondary N) is 1. The van der Waals surface area contributed by atoms with E-state index in [1.807, 2.05) is 0 Å². The number of furan rings is 1. The third kappa shape index (κ3) is 5.07. The molecule has 1 fully saturated rings. The van der Waals surface area contributed by atoms with E-state index in [0.717, 1.165) is 25.9 Å². The van der Waals surface area contributed by atoms with Gasteiger partial charge in [-0.05, 0) is 67.9 Å². The highest BCUT2D eigenvalue weighted by atomic mass is 35.5. The zero-order chi connectivity index (χ0) is 24.4. The average Bonchev–Trinajstić information content (AvgIpc) is 3.53. The largest absolute Gasteiger partial charge is 0.486 e. The Morgan fingerprint density at radius 3 is 2.63 bits per heavy atom. The fourth-order valence-corrected chi connectivity index (χ4v) is 4.70. The van der Waals surface area contributed by atoms with Crippen LogP contribution in [0, 0.1) is 0 Å². The molecule has 3 N–H and O–H groups in total. The first-order chi connectivity index (χ1) is 17.0. The van der Waals surface area contributed by atoms with Crippen molar-refractivity contribution in [3.63, 3.8) is 0 Å². The molecule has 35 heavy (non-hydrogen) atoms. The van der Waals surface area contributed by atoms with Crippen LogP contribution in [0.1, 0.15) is 30.3 Å². The number of benzene rings is 2. The van der Waals surface area contributed by atoms with Crippen LogP contribution in [0.25, 0.3) is 11.0 Å². The Balaban J connectivity index is 1.39. The van der Waals surface area contributed by atoms with Crippen molar-refractivity contribution in [1.82, 2.24) is 10.2 Å². The van der Waals surface area contributed by atoms with Gasteiger partial charge in [0.1, 0.15) is 24.9 Å². The third-order valence-electron chi connectivity index (χ3n) is 6.29. The van der Waals surface area contributed by atoms with Gasteiger partial charge in [0.25, 0.3) is 5.91 Å². The highest BCUT2D eigenvalue weighted by molar-refractivity contribution is 6.44. The van der Waals surface area contributed by atoms with Gasteiger partial charge in [-0.3, -0.25) is 4.79 Å². The second kappa shape index (κ2) is 10.2. The van der Waals surface area contributed by atoms with E-state index in [-0.39, 0.29) is 11.5 Å². The molecule has 5 rings (SSSR count). The SMILES string of the molecule is O=C(NC(CN1CCCC1)C(O)c1ccc2c(c1)OCCO2)/C(=N/O)c1cc2cc(Cl)ccc2o1. The van der Waals surface area contributed by atoms with Gasteiger partial charge in [-0.25, -0.2) is 0 Å². The lowest BCUT2D eigenvalue weighted by atomic mass is 10.0. The zero-order valence-electron chi connectivity index (χ0n) is 18.9. The van der Waals surface area contributed by atoms with Crippen LogP contribution in [0.5, 0.6) is 11.5 Å². The molecule has 2 aromatic carbocycles. The van der Waals surface area contributed by atoms with E-state index in [1.54, 1.807) is 42.5 Å². The van der Waals surface area contributed by atoms with Crippen molar-refractivity contribution < 1.29 is 29.0 Å². The fourth-order valence-electron chi connectivity index (χ4n) is 4.52. The van der Waals surface area contributed by atoms with Gasteiger partial charge in [-0.15, -0.1) is 0 Å². The molecule has 2 unspecified atom stereocenters. The minimum Gasteiger partial charge on any atom is -0.486 e. The normalized spacial score (nSPS) is 17.9. The molecule has 1 saturated heterocycles. The Morgan fingerprint density at radius 1 is 1.09 bits per heavy atom. The Bertz CT molecular complexity index is 1250. The molecule has 2 aliphatic heterocycles. The number of aliphatic hydroxyl groups is 1. The van der Waals surface area contributed by atoms with Crippen molar-refractivity contribution in [2.45, 2.75) is 25.0 Å². The molecule has 0 spiro atoms. The van der Waals surface area contributed by atoms with Crippen LogP contribution in [-0.2, 0) is 4.79 Å². The molecule has 9 nitrogen and oxygen atoms in total. The van der Waals surface area contributed by atoms with Crippen LogP contribution < -0.4 is 14.8 Å². The van der Waals surface area contributed by atoms with E-state index < -0.39 is 18.1 Å². The predicted octanol–water partition coefficient (Wildman–Crippen LogP) is 3.35. The molecule has 10 heteroatoms. The Labute approximate surface area is 206 Å². The summed E-state index contributed by atoms with van der Waals surface area (Å²) in [6, 6.07) is 11.2. The molecule has 0 aliphatic carbocycles. The minimum atomic E-state index is -1.04. The van der Waals surface area contributed by atoms with Gasteiger partial charge in [0.15, 0.2) is 17.3 Å². The smallest absolute Gasteiger partial charge is 0.277 e. The van der Waals surface area contributed by atoms with Crippen LogP contribution in [0.3, 0.4) is 0 Å². The summed E-state index contributed by atoms with van der Waals surface area (Å²) in [6.07, 6.45) is 1.09. The van der Waals surface area contributed by atoms with E-state index in [9.17, 15) is 15.1 Å².